The second-order valence-electron chi connectivity index (χ2n) is 7.27. The van der Waals surface area contributed by atoms with Crippen LogP contribution in [0.2, 0.25) is 0 Å². The van der Waals surface area contributed by atoms with Crippen molar-refractivity contribution >= 4 is 12.0 Å². The average Bonchev–Trinajstić information content (AvgIpc) is 2.53. The van der Waals surface area contributed by atoms with E-state index >= 15 is 0 Å². The van der Waals surface area contributed by atoms with Crippen LogP contribution in [-0.4, -0.2) is 41.6 Å². The Labute approximate surface area is 148 Å². The fourth-order valence-corrected chi connectivity index (χ4v) is 2.79. The van der Waals surface area contributed by atoms with Gasteiger partial charge in [-0.3, -0.25) is 4.79 Å². The number of amides is 2. The Morgan fingerprint density at radius 2 is 2.00 bits per heavy atom. The number of alkyl carbamates (subject to hydrolysis) is 1. The van der Waals surface area contributed by atoms with E-state index in [2.05, 4.69) is 11.4 Å². The Morgan fingerprint density at radius 3 is 2.60 bits per heavy atom. The van der Waals surface area contributed by atoms with Gasteiger partial charge in [-0.05, 0) is 51.3 Å². The molecule has 6 heteroatoms. The summed E-state index contributed by atoms with van der Waals surface area (Å²) in [5, 5.41) is 11.6. The van der Waals surface area contributed by atoms with Crippen LogP contribution in [0.3, 0.4) is 0 Å². The van der Waals surface area contributed by atoms with Gasteiger partial charge in [0.25, 0.3) is 5.91 Å². The molecule has 1 N–H and O–H groups in total. The second kappa shape index (κ2) is 8.02. The van der Waals surface area contributed by atoms with Crippen LogP contribution in [0, 0.1) is 11.3 Å². The van der Waals surface area contributed by atoms with Crippen molar-refractivity contribution in [3.8, 4) is 6.07 Å². The predicted molar refractivity (Wildman–Crippen MR) is 94.1 cm³/mol. The number of hydrogen-bond acceptors (Lipinski definition) is 4. The number of nitrogens with zero attached hydrogens (tertiary/aromatic N) is 2. The van der Waals surface area contributed by atoms with Gasteiger partial charge in [-0.1, -0.05) is 12.1 Å². The maximum atomic E-state index is 12.6. The van der Waals surface area contributed by atoms with Crippen molar-refractivity contribution in [1.82, 2.24) is 10.2 Å². The van der Waals surface area contributed by atoms with Gasteiger partial charge in [0.2, 0.25) is 0 Å². The van der Waals surface area contributed by atoms with Crippen molar-refractivity contribution in [2.45, 2.75) is 51.7 Å². The fourth-order valence-electron chi connectivity index (χ4n) is 2.79. The third-order valence-corrected chi connectivity index (χ3v) is 3.91. The third-order valence-electron chi connectivity index (χ3n) is 3.91. The smallest absolute Gasteiger partial charge is 0.407 e. The van der Waals surface area contributed by atoms with Crippen molar-refractivity contribution in [3.05, 3.63) is 35.4 Å². The Morgan fingerprint density at radius 1 is 1.32 bits per heavy atom. The summed E-state index contributed by atoms with van der Waals surface area (Å²) in [7, 11) is 0. The minimum Gasteiger partial charge on any atom is -0.444 e. The number of carbonyl (C=O) groups excluding carboxylic acids is 2. The molecule has 0 saturated carbocycles. The van der Waals surface area contributed by atoms with Crippen molar-refractivity contribution in [2.24, 2.45) is 0 Å². The highest BCUT2D eigenvalue weighted by atomic mass is 16.6. The lowest BCUT2D eigenvalue weighted by atomic mass is 10.0. The largest absolute Gasteiger partial charge is 0.444 e. The number of ether oxygens (including phenoxy) is 1. The van der Waals surface area contributed by atoms with Crippen LogP contribution < -0.4 is 5.32 Å². The quantitative estimate of drug-likeness (QED) is 0.915. The first-order valence-electron chi connectivity index (χ1n) is 8.53. The summed E-state index contributed by atoms with van der Waals surface area (Å²) in [6.45, 7) is 6.60. The van der Waals surface area contributed by atoms with E-state index in [1.165, 1.54) is 0 Å². The first kappa shape index (κ1) is 18.8. The van der Waals surface area contributed by atoms with Gasteiger partial charge in [-0.2, -0.15) is 5.26 Å². The summed E-state index contributed by atoms with van der Waals surface area (Å²) in [6, 6.07) is 9.09. The molecule has 0 spiro atoms. The van der Waals surface area contributed by atoms with Crippen LogP contribution in [-0.2, 0) is 11.2 Å². The van der Waals surface area contributed by atoms with Crippen LogP contribution in [0.1, 0.15) is 49.5 Å². The molecule has 6 nitrogen and oxygen atoms in total. The zero-order valence-corrected chi connectivity index (χ0v) is 15.0. The Hall–Kier alpha value is -2.55. The summed E-state index contributed by atoms with van der Waals surface area (Å²) in [6.07, 6.45) is 1.54. The van der Waals surface area contributed by atoms with Crippen LogP contribution in [0.25, 0.3) is 0 Å². The monoisotopic (exact) mass is 343 g/mol. The van der Waals surface area contributed by atoms with Gasteiger partial charge in [-0.25, -0.2) is 4.79 Å². The zero-order chi connectivity index (χ0) is 18.4. The summed E-state index contributed by atoms with van der Waals surface area (Å²) < 4.78 is 5.28. The lowest BCUT2D eigenvalue weighted by Crippen LogP contribution is -2.50. The number of piperidine rings is 1. The van der Waals surface area contributed by atoms with Gasteiger partial charge in [0.15, 0.2) is 0 Å². The maximum absolute atomic E-state index is 12.6. The Kier molecular flexibility index (Phi) is 6.02. The molecule has 1 saturated heterocycles. The van der Waals surface area contributed by atoms with Gasteiger partial charge >= 0.3 is 6.09 Å². The van der Waals surface area contributed by atoms with Gasteiger partial charge in [-0.15, -0.1) is 0 Å². The van der Waals surface area contributed by atoms with Crippen LogP contribution >= 0.6 is 0 Å². The van der Waals surface area contributed by atoms with E-state index < -0.39 is 11.7 Å². The van der Waals surface area contributed by atoms with Gasteiger partial charge in [0.1, 0.15) is 5.60 Å². The Bertz CT molecular complexity index is 656. The molecule has 1 aromatic rings. The molecule has 1 aliphatic heterocycles. The molecule has 2 rings (SSSR count). The minimum absolute atomic E-state index is 0.0563. The molecule has 1 aliphatic rings. The standard InChI is InChI=1S/C19H25N3O3/c1-19(2,3)25-18(24)21-16-5-4-12-22(13-16)17(23)15-8-6-14(7-9-15)10-11-20/h6-9,16H,4-5,10,12-13H2,1-3H3,(H,21,24)/t16-/m0/s1. The Balaban J connectivity index is 1.94. The maximum Gasteiger partial charge on any atom is 0.407 e. The highest BCUT2D eigenvalue weighted by molar-refractivity contribution is 5.94. The average molecular weight is 343 g/mol. The topological polar surface area (TPSA) is 82.4 Å². The number of hydrogen-bond donors (Lipinski definition) is 1. The lowest BCUT2D eigenvalue weighted by Gasteiger charge is -2.33. The van der Waals surface area contributed by atoms with Crippen molar-refractivity contribution < 1.29 is 14.3 Å². The molecule has 0 radical (unpaired) electrons. The van der Waals surface area contributed by atoms with Crippen molar-refractivity contribution in [3.63, 3.8) is 0 Å². The number of likely N-dealkylation sites (tertiary alicyclic amines) is 1. The van der Waals surface area contributed by atoms with E-state index in [0.29, 0.717) is 25.1 Å². The van der Waals surface area contributed by atoms with E-state index in [-0.39, 0.29) is 11.9 Å². The molecule has 1 fully saturated rings. The molecule has 1 atom stereocenters. The molecule has 0 bridgehead atoms. The number of carbonyl (C=O) groups is 2. The van der Waals surface area contributed by atoms with Crippen molar-refractivity contribution in [2.75, 3.05) is 13.1 Å². The molecule has 1 aromatic carbocycles. The third kappa shape index (κ3) is 5.79. The summed E-state index contributed by atoms with van der Waals surface area (Å²) in [5.74, 6) is -0.0563. The van der Waals surface area contributed by atoms with Gasteiger partial charge < -0.3 is 15.0 Å². The molecule has 0 aliphatic carbocycles. The normalized spacial score (nSPS) is 17.5. The molecule has 134 valence electrons. The predicted octanol–water partition coefficient (Wildman–Crippen LogP) is 2.88. The number of benzene rings is 1. The number of rotatable bonds is 3. The van der Waals surface area contributed by atoms with Crippen LogP contribution in [0.5, 0.6) is 0 Å². The lowest BCUT2D eigenvalue weighted by molar-refractivity contribution is 0.0452. The second-order valence-corrected chi connectivity index (χ2v) is 7.27. The van der Waals surface area contributed by atoms with Crippen LogP contribution in [0.4, 0.5) is 4.79 Å². The van der Waals surface area contributed by atoms with Gasteiger partial charge in [0.05, 0.1) is 12.5 Å². The molecule has 0 aromatic heterocycles. The molecular weight excluding hydrogens is 318 g/mol. The van der Waals surface area contributed by atoms with E-state index in [1.54, 1.807) is 29.2 Å². The van der Waals surface area contributed by atoms with E-state index in [0.717, 1.165) is 18.4 Å². The van der Waals surface area contributed by atoms with Crippen molar-refractivity contribution in [1.29, 1.82) is 5.26 Å². The molecule has 0 unspecified atom stereocenters. The molecule has 2 amide bonds. The SMILES string of the molecule is CC(C)(C)OC(=O)N[C@H]1CCCN(C(=O)c2ccc(CC#N)cc2)C1. The summed E-state index contributed by atoms with van der Waals surface area (Å²) in [5.41, 5.74) is 0.946. The molecule has 25 heavy (non-hydrogen) atoms. The minimum atomic E-state index is -0.542. The summed E-state index contributed by atoms with van der Waals surface area (Å²) >= 11 is 0. The highest BCUT2D eigenvalue weighted by Gasteiger charge is 2.27. The fraction of sp³-hybridized carbons (Fsp3) is 0.526. The number of nitriles is 1. The van der Waals surface area contributed by atoms with E-state index in [4.69, 9.17) is 10.00 Å². The van der Waals surface area contributed by atoms with Gasteiger partial charge in [0, 0.05) is 24.7 Å². The highest BCUT2D eigenvalue weighted by Crippen LogP contribution is 2.16. The number of nitrogens with one attached hydrogen (secondary N) is 1. The molecular formula is C19H25N3O3. The van der Waals surface area contributed by atoms with Crippen LogP contribution in [0.15, 0.2) is 24.3 Å². The van der Waals surface area contributed by atoms with E-state index in [9.17, 15) is 9.59 Å². The first-order valence-corrected chi connectivity index (χ1v) is 8.53. The summed E-state index contributed by atoms with van der Waals surface area (Å²) in [4.78, 5) is 26.3. The molecule has 1 heterocycles. The first-order chi connectivity index (χ1) is 11.8. The zero-order valence-electron chi connectivity index (χ0n) is 15.0. The van der Waals surface area contributed by atoms with E-state index in [1.807, 2.05) is 20.8 Å².